The van der Waals surface area contributed by atoms with Crippen molar-refractivity contribution in [2.75, 3.05) is 25.5 Å². The number of carbonyl (C=O) groups excluding carboxylic acids is 2. The van der Waals surface area contributed by atoms with Gasteiger partial charge in [-0.25, -0.2) is 0 Å². The molecule has 26 heavy (non-hydrogen) atoms. The molecule has 0 fully saturated rings. The molecule has 0 bridgehead atoms. The minimum atomic E-state index is -0.268. The Morgan fingerprint density at radius 3 is 2.62 bits per heavy atom. The van der Waals surface area contributed by atoms with Crippen molar-refractivity contribution in [2.24, 2.45) is 0 Å². The average Bonchev–Trinajstić information content (AvgIpc) is 2.93. The summed E-state index contributed by atoms with van der Waals surface area (Å²) in [5, 5.41) is 6.67. The second-order valence-electron chi connectivity index (χ2n) is 6.04. The molecule has 0 aliphatic heterocycles. The van der Waals surface area contributed by atoms with Gasteiger partial charge in [-0.1, -0.05) is 24.2 Å². The molecule has 0 unspecified atom stereocenters. The molecule has 2 amide bonds. The maximum atomic E-state index is 12.7. The Balaban J connectivity index is 2.04. The van der Waals surface area contributed by atoms with Gasteiger partial charge in [-0.05, 0) is 32.4 Å². The van der Waals surface area contributed by atoms with E-state index < -0.39 is 0 Å². The number of benzene rings is 1. The Morgan fingerprint density at radius 1 is 1.27 bits per heavy atom. The van der Waals surface area contributed by atoms with E-state index in [-0.39, 0.29) is 24.8 Å². The number of hydrogen-bond donors (Lipinski definition) is 1. The number of nitrogens with zero attached hydrogens (tertiary/aromatic N) is 2. The van der Waals surface area contributed by atoms with Gasteiger partial charge in [0.25, 0.3) is 0 Å². The highest BCUT2D eigenvalue weighted by molar-refractivity contribution is 5.95. The molecule has 1 aromatic heterocycles. The Morgan fingerprint density at radius 2 is 2.00 bits per heavy atom. The topological polar surface area (TPSA) is 84.7 Å². The zero-order valence-corrected chi connectivity index (χ0v) is 15.7. The van der Waals surface area contributed by atoms with E-state index in [9.17, 15) is 9.59 Å². The molecule has 0 aliphatic carbocycles. The van der Waals surface area contributed by atoms with Crippen molar-refractivity contribution in [3.63, 3.8) is 0 Å². The van der Waals surface area contributed by atoms with E-state index >= 15 is 0 Å². The van der Waals surface area contributed by atoms with Crippen molar-refractivity contribution in [2.45, 2.75) is 33.6 Å². The molecular weight excluding hydrogens is 334 g/mol. The number of para-hydroxylation sites is 2. The molecule has 0 spiro atoms. The molecular formula is C19H25N3O4. The summed E-state index contributed by atoms with van der Waals surface area (Å²) in [5.74, 6) is 0.808. The van der Waals surface area contributed by atoms with E-state index in [2.05, 4.69) is 10.5 Å². The van der Waals surface area contributed by atoms with Gasteiger partial charge in [-0.2, -0.15) is 0 Å². The van der Waals surface area contributed by atoms with Crippen LogP contribution in [0.2, 0.25) is 0 Å². The monoisotopic (exact) mass is 359 g/mol. The van der Waals surface area contributed by atoms with E-state index in [4.69, 9.17) is 9.26 Å². The van der Waals surface area contributed by atoms with E-state index in [1.807, 2.05) is 19.1 Å². The summed E-state index contributed by atoms with van der Waals surface area (Å²) in [6, 6.07) is 7.16. The predicted molar refractivity (Wildman–Crippen MR) is 98.2 cm³/mol. The second-order valence-corrected chi connectivity index (χ2v) is 6.04. The standard InChI is InChI=1S/C19H25N3O4/c1-5-10-22(19(24)11-15-13(2)21-26-14(15)3)12-18(23)20-16-8-6-7-9-17(16)25-4/h6-9H,5,10-12H2,1-4H3,(H,20,23). The van der Waals surface area contributed by atoms with E-state index in [0.717, 1.165) is 12.0 Å². The summed E-state index contributed by atoms with van der Waals surface area (Å²) in [5.41, 5.74) is 2.06. The quantitative estimate of drug-likeness (QED) is 0.783. The molecule has 0 radical (unpaired) electrons. The lowest BCUT2D eigenvalue weighted by molar-refractivity contribution is -0.134. The highest BCUT2D eigenvalue weighted by atomic mass is 16.5. The smallest absolute Gasteiger partial charge is 0.244 e. The zero-order valence-electron chi connectivity index (χ0n) is 15.7. The van der Waals surface area contributed by atoms with Crippen LogP contribution in [0.15, 0.2) is 28.8 Å². The van der Waals surface area contributed by atoms with Crippen LogP contribution in [0.3, 0.4) is 0 Å². The van der Waals surface area contributed by atoms with E-state index in [0.29, 0.717) is 29.4 Å². The van der Waals surface area contributed by atoms with Crippen LogP contribution in [-0.4, -0.2) is 42.1 Å². The lowest BCUT2D eigenvalue weighted by Crippen LogP contribution is -2.39. The third-order valence-corrected chi connectivity index (χ3v) is 4.07. The van der Waals surface area contributed by atoms with E-state index in [1.165, 1.54) is 0 Å². The molecule has 1 aromatic carbocycles. The van der Waals surface area contributed by atoms with Crippen molar-refractivity contribution in [3.8, 4) is 5.75 Å². The third kappa shape index (κ3) is 4.84. The fourth-order valence-corrected chi connectivity index (χ4v) is 2.69. The highest BCUT2D eigenvalue weighted by Crippen LogP contribution is 2.23. The summed E-state index contributed by atoms with van der Waals surface area (Å²) >= 11 is 0. The molecule has 7 nitrogen and oxygen atoms in total. The second kappa shape index (κ2) is 9.03. The van der Waals surface area contributed by atoms with Crippen LogP contribution in [0.4, 0.5) is 5.69 Å². The fraction of sp³-hybridized carbons (Fsp3) is 0.421. The summed E-state index contributed by atoms with van der Waals surface area (Å²) in [4.78, 5) is 26.6. The highest BCUT2D eigenvalue weighted by Gasteiger charge is 2.21. The van der Waals surface area contributed by atoms with Crippen LogP contribution in [0.1, 0.15) is 30.4 Å². The van der Waals surface area contributed by atoms with Gasteiger partial charge in [-0.3, -0.25) is 9.59 Å². The number of hydrogen-bond acceptors (Lipinski definition) is 5. The van der Waals surface area contributed by atoms with Crippen LogP contribution in [0.5, 0.6) is 5.75 Å². The number of ether oxygens (including phenoxy) is 1. The maximum absolute atomic E-state index is 12.7. The first-order valence-electron chi connectivity index (χ1n) is 8.58. The normalized spacial score (nSPS) is 10.5. The fourth-order valence-electron chi connectivity index (χ4n) is 2.69. The van der Waals surface area contributed by atoms with Crippen LogP contribution in [0.25, 0.3) is 0 Å². The van der Waals surface area contributed by atoms with Crippen LogP contribution in [-0.2, 0) is 16.0 Å². The molecule has 2 aromatic rings. The molecule has 0 saturated carbocycles. The Labute approximate surface area is 153 Å². The first kappa shape index (κ1) is 19.5. The number of aryl methyl sites for hydroxylation is 2. The number of rotatable bonds is 8. The number of nitrogens with one attached hydrogen (secondary N) is 1. The first-order valence-corrected chi connectivity index (χ1v) is 8.58. The molecule has 140 valence electrons. The molecule has 0 saturated heterocycles. The molecule has 7 heteroatoms. The van der Waals surface area contributed by atoms with Crippen LogP contribution < -0.4 is 10.1 Å². The lowest BCUT2D eigenvalue weighted by Gasteiger charge is -2.22. The van der Waals surface area contributed by atoms with Crippen molar-refractivity contribution in [1.82, 2.24) is 10.1 Å². The summed E-state index contributed by atoms with van der Waals surface area (Å²) in [6.07, 6.45) is 0.929. The van der Waals surface area contributed by atoms with Crippen LogP contribution >= 0.6 is 0 Å². The van der Waals surface area contributed by atoms with Gasteiger partial charge in [0.15, 0.2) is 0 Å². The Bertz CT molecular complexity index is 750. The Hall–Kier alpha value is -2.83. The van der Waals surface area contributed by atoms with E-state index in [1.54, 1.807) is 38.0 Å². The van der Waals surface area contributed by atoms with Gasteiger partial charge in [0.2, 0.25) is 11.8 Å². The maximum Gasteiger partial charge on any atom is 0.244 e. The zero-order chi connectivity index (χ0) is 19.1. The predicted octanol–water partition coefficient (Wildman–Crippen LogP) is 2.72. The molecule has 0 aliphatic rings. The first-order chi connectivity index (χ1) is 12.5. The van der Waals surface area contributed by atoms with Gasteiger partial charge < -0.3 is 19.5 Å². The minimum Gasteiger partial charge on any atom is -0.495 e. The summed E-state index contributed by atoms with van der Waals surface area (Å²) < 4.78 is 10.3. The van der Waals surface area contributed by atoms with Crippen LogP contribution in [0, 0.1) is 13.8 Å². The number of carbonyl (C=O) groups is 2. The molecule has 1 heterocycles. The molecule has 0 atom stereocenters. The average molecular weight is 359 g/mol. The van der Waals surface area contributed by atoms with Crippen molar-refractivity contribution in [3.05, 3.63) is 41.3 Å². The number of amides is 2. The molecule has 1 N–H and O–H groups in total. The summed E-state index contributed by atoms with van der Waals surface area (Å²) in [6.45, 7) is 6.03. The SMILES string of the molecule is CCCN(CC(=O)Nc1ccccc1OC)C(=O)Cc1c(C)noc1C. The number of aromatic nitrogens is 1. The lowest BCUT2D eigenvalue weighted by atomic mass is 10.1. The Kier molecular flexibility index (Phi) is 6.77. The largest absolute Gasteiger partial charge is 0.495 e. The minimum absolute atomic E-state index is 0.0197. The van der Waals surface area contributed by atoms with Gasteiger partial charge in [0, 0.05) is 12.1 Å². The van der Waals surface area contributed by atoms with Crippen molar-refractivity contribution < 1.29 is 18.8 Å². The van der Waals surface area contributed by atoms with Gasteiger partial charge in [-0.15, -0.1) is 0 Å². The van der Waals surface area contributed by atoms with Crippen molar-refractivity contribution in [1.29, 1.82) is 0 Å². The van der Waals surface area contributed by atoms with Gasteiger partial charge >= 0.3 is 0 Å². The van der Waals surface area contributed by atoms with Crippen molar-refractivity contribution >= 4 is 17.5 Å². The van der Waals surface area contributed by atoms with Gasteiger partial charge in [0.05, 0.1) is 31.5 Å². The number of anilines is 1. The number of methoxy groups -OCH3 is 1. The third-order valence-electron chi connectivity index (χ3n) is 4.07. The molecule has 2 rings (SSSR count). The summed E-state index contributed by atoms with van der Waals surface area (Å²) in [7, 11) is 1.54. The van der Waals surface area contributed by atoms with Gasteiger partial charge in [0.1, 0.15) is 11.5 Å².